The highest BCUT2D eigenvalue weighted by Gasteiger charge is 2.26. The van der Waals surface area contributed by atoms with E-state index in [-0.39, 0.29) is 11.6 Å². The van der Waals surface area contributed by atoms with E-state index in [1.54, 1.807) is 57.6 Å². The molecule has 32 heavy (non-hydrogen) atoms. The van der Waals surface area contributed by atoms with Gasteiger partial charge in [-0.2, -0.15) is 5.10 Å². The highest BCUT2D eigenvalue weighted by atomic mass is 19.1. The van der Waals surface area contributed by atoms with Crippen molar-refractivity contribution in [3.8, 4) is 11.3 Å². The summed E-state index contributed by atoms with van der Waals surface area (Å²) in [5.74, 6) is -0.815. The Kier molecular flexibility index (Phi) is 5.03. The first-order valence-electron chi connectivity index (χ1n) is 9.72. The Labute approximate surface area is 182 Å². The molecule has 4 bridgehead atoms. The molecule has 166 valence electrons. The number of benzene rings is 1. The molecule has 0 atom stereocenters. The summed E-state index contributed by atoms with van der Waals surface area (Å²) >= 11 is 0. The Hall–Kier alpha value is -4.02. The summed E-state index contributed by atoms with van der Waals surface area (Å²) in [4.78, 5) is 43.0. The maximum Gasteiger partial charge on any atom is 0.463 e. The lowest BCUT2D eigenvalue weighted by atomic mass is 10.0. The lowest BCUT2D eigenvalue weighted by Gasteiger charge is -2.20. The number of rotatable bonds is 0. The van der Waals surface area contributed by atoms with Crippen LogP contribution >= 0.6 is 0 Å². The van der Waals surface area contributed by atoms with Crippen LogP contribution in [0.2, 0.25) is 0 Å². The van der Waals surface area contributed by atoms with Gasteiger partial charge in [0, 0.05) is 29.7 Å². The molecule has 10 nitrogen and oxygen atoms in total. The van der Waals surface area contributed by atoms with Crippen LogP contribution in [0, 0.1) is 5.82 Å². The van der Waals surface area contributed by atoms with E-state index in [4.69, 9.17) is 4.89 Å². The van der Waals surface area contributed by atoms with Crippen molar-refractivity contribution in [1.82, 2.24) is 25.1 Å². The van der Waals surface area contributed by atoms with Crippen LogP contribution < -0.4 is 10.2 Å². The molecule has 3 aromatic rings. The second-order valence-corrected chi connectivity index (χ2v) is 8.35. The van der Waals surface area contributed by atoms with Gasteiger partial charge >= 0.3 is 12.2 Å². The van der Waals surface area contributed by atoms with Crippen molar-refractivity contribution in [3.05, 3.63) is 42.1 Å². The van der Waals surface area contributed by atoms with Crippen LogP contribution in [0.25, 0.3) is 27.7 Å². The van der Waals surface area contributed by atoms with E-state index in [9.17, 15) is 14.0 Å². The number of carbonyl (C=O) groups is 2. The van der Waals surface area contributed by atoms with Gasteiger partial charge in [0.15, 0.2) is 5.82 Å². The number of allylic oxidation sites excluding steroid dienone is 1. The van der Waals surface area contributed by atoms with Crippen molar-refractivity contribution in [1.29, 1.82) is 0 Å². The maximum absolute atomic E-state index is 14.6. The fourth-order valence-corrected chi connectivity index (χ4v) is 3.38. The van der Waals surface area contributed by atoms with Crippen LogP contribution in [-0.4, -0.2) is 37.5 Å². The fraction of sp³-hybridized carbons (Fsp3) is 0.286. The van der Waals surface area contributed by atoms with Crippen molar-refractivity contribution < 1.29 is 23.8 Å². The standard InChI is InChI=1S/C21H21FN6O4/c1-11-10-28(20(30)32-31-19(29)25-21(2,3)4)18-23-9-14(22)16(24-18)12-6-7-15-13(8-12)17(11)27(5)26-15/h6-10H,1-5H3,(H,25,29)/b11-10+. The Morgan fingerprint density at radius 2 is 1.94 bits per heavy atom. The monoisotopic (exact) mass is 440 g/mol. The van der Waals surface area contributed by atoms with Gasteiger partial charge in [-0.25, -0.2) is 38.6 Å². The molecule has 1 aliphatic heterocycles. The third-order valence-electron chi connectivity index (χ3n) is 4.61. The molecular formula is C21H21FN6O4. The van der Waals surface area contributed by atoms with E-state index in [1.807, 2.05) is 0 Å². The molecular weight excluding hydrogens is 419 g/mol. The molecule has 0 fully saturated rings. The highest BCUT2D eigenvalue weighted by Crippen LogP contribution is 2.32. The number of hydrogen-bond donors (Lipinski definition) is 1. The minimum atomic E-state index is -1.09. The van der Waals surface area contributed by atoms with Crippen molar-refractivity contribution in [2.24, 2.45) is 7.05 Å². The molecule has 4 rings (SSSR count). The van der Waals surface area contributed by atoms with Gasteiger partial charge in [-0.3, -0.25) is 4.68 Å². The SMILES string of the molecule is C/C1=C\N(C(=O)OOC(=O)NC(C)(C)C)c2ncc(F)c(n2)-c2ccc3nn(C)c1c3c2. The summed E-state index contributed by atoms with van der Waals surface area (Å²) in [7, 11) is 1.76. The van der Waals surface area contributed by atoms with E-state index in [0.717, 1.165) is 16.5 Å². The third-order valence-corrected chi connectivity index (χ3v) is 4.61. The molecule has 0 saturated heterocycles. The summed E-state index contributed by atoms with van der Waals surface area (Å²) in [6.45, 7) is 6.99. The predicted molar refractivity (Wildman–Crippen MR) is 114 cm³/mol. The zero-order valence-corrected chi connectivity index (χ0v) is 18.1. The van der Waals surface area contributed by atoms with Crippen molar-refractivity contribution in [2.45, 2.75) is 33.2 Å². The van der Waals surface area contributed by atoms with Crippen molar-refractivity contribution in [2.75, 3.05) is 4.90 Å². The minimum absolute atomic E-state index is 0.00356. The first kappa shape index (κ1) is 21.2. The molecule has 0 unspecified atom stereocenters. The van der Waals surface area contributed by atoms with E-state index in [0.29, 0.717) is 22.3 Å². The van der Waals surface area contributed by atoms with E-state index >= 15 is 0 Å². The molecule has 3 heterocycles. The smallest absolute Gasteiger partial charge is 0.314 e. The number of anilines is 1. The largest absolute Gasteiger partial charge is 0.463 e. The van der Waals surface area contributed by atoms with Gasteiger partial charge in [-0.1, -0.05) is 6.07 Å². The van der Waals surface area contributed by atoms with Gasteiger partial charge in [0.25, 0.3) is 0 Å². The molecule has 0 radical (unpaired) electrons. The molecule has 0 spiro atoms. The second-order valence-electron chi connectivity index (χ2n) is 8.35. The Balaban J connectivity index is 1.77. The lowest BCUT2D eigenvalue weighted by molar-refractivity contribution is -0.177. The van der Waals surface area contributed by atoms with E-state index in [2.05, 4.69) is 25.3 Å². The number of aryl methyl sites for hydroxylation is 1. The van der Waals surface area contributed by atoms with Gasteiger partial charge in [-0.05, 0) is 45.4 Å². The molecule has 1 N–H and O–H groups in total. The first-order valence-corrected chi connectivity index (χ1v) is 9.72. The Morgan fingerprint density at radius 1 is 1.19 bits per heavy atom. The number of carbonyl (C=O) groups excluding carboxylic acids is 2. The van der Waals surface area contributed by atoms with Crippen molar-refractivity contribution >= 4 is 34.6 Å². The van der Waals surface area contributed by atoms with Crippen LogP contribution in [0.3, 0.4) is 0 Å². The molecule has 0 aliphatic carbocycles. The minimum Gasteiger partial charge on any atom is -0.314 e. The summed E-state index contributed by atoms with van der Waals surface area (Å²) in [6.07, 6.45) is 0.341. The number of nitrogens with zero attached hydrogens (tertiary/aromatic N) is 5. The van der Waals surface area contributed by atoms with Crippen LogP contribution in [-0.2, 0) is 16.8 Å². The van der Waals surface area contributed by atoms with Gasteiger partial charge in [-0.15, -0.1) is 0 Å². The number of fused-ring (bicyclic) bond motifs is 4. The van der Waals surface area contributed by atoms with Crippen LogP contribution in [0.1, 0.15) is 33.4 Å². The normalized spacial score (nSPS) is 14.7. The summed E-state index contributed by atoms with van der Waals surface area (Å²) < 4.78 is 16.2. The number of nitrogens with one attached hydrogen (secondary N) is 1. The van der Waals surface area contributed by atoms with Crippen LogP contribution in [0.5, 0.6) is 0 Å². The van der Waals surface area contributed by atoms with E-state index < -0.39 is 23.5 Å². The van der Waals surface area contributed by atoms with Gasteiger partial charge in [0.2, 0.25) is 5.95 Å². The van der Waals surface area contributed by atoms with Gasteiger partial charge in [0.1, 0.15) is 5.69 Å². The summed E-state index contributed by atoms with van der Waals surface area (Å²) in [5, 5.41) is 7.72. The average Bonchev–Trinajstić information content (AvgIpc) is 3.04. The zero-order chi connectivity index (χ0) is 23.2. The molecule has 1 aliphatic rings. The molecule has 2 aromatic heterocycles. The average molecular weight is 440 g/mol. The first-order chi connectivity index (χ1) is 15.0. The second kappa shape index (κ2) is 7.59. The number of hydrogen-bond acceptors (Lipinski definition) is 7. The molecule has 0 saturated carbocycles. The number of amides is 2. The molecule has 1 aromatic carbocycles. The van der Waals surface area contributed by atoms with Gasteiger partial charge < -0.3 is 5.32 Å². The van der Waals surface area contributed by atoms with Crippen LogP contribution in [0.15, 0.2) is 30.6 Å². The Morgan fingerprint density at radius 3 is 2.66 bits per heavy atom. The highest BCUT2D eigenvalue weighted by molar-refractivity contribution is 5.96. The van der Waals surface area contributed by atoms with Crippen LogP contribution in [0.4, 0.5) is 19.9 Å². The molecule has 11 heteroatoms. The lowest BCUT2D eigenvalue weighted by Crippen LogP contribution is -2.41. The topological polar surface area (TPSA) is 111 Å². The predicted octanol–water partition coefficient (Wildman–Crippen LogP) is 3.93. The summed E-state index contributed by atoms with van der Waals surface area (Å²) in [6, 6.07) is 5.26. The van der Waals surface area contributed by atoms with Crippen molar-refractivity contribution in [3.63, 3.8) is 0 Å². The third kappa shape index (κ3) is 3.96. The summed E-state index contributed by atoms with van der Waals surface area (Å²) in [5.41, 5.74) is 1.94. The maximum atomic E-state index is 14.6. The number of halogens is 1. The Bertz CT molecular complexity index is 1280. The zero-order valence-electron chi connectivity index (χ0n) is 18.1. The van der Waals surface area contributed by atoms with Gasteiger partial charge in [0.05, 0.1) is 17.4 Å². The quantitative estimate of drug-likeness (QED) is 0.416. The fourth-order valence-electron chi connectivity index (χ4n) is 3.38. The molecule has 2 amide bonds. The van der Waals surface area contributed by atoms with E-state index in [1.165, 1.54) is 6.20 Å². The number of aromatic nitrogens is 4.